The third-order valence-electron chi connectivity index (χ3n) is 3.61. The average molecular weight is 392 g/mol. The van der Waals surface area contributed by atoms with Gasteiger partial charge in [-0.25, -0.2) is 4.98 Å². The molecule has 0 bridgehead atoms. The van der Waals surface area contributed by atoms with Crippen LogP contribution in [-0.2, 0) is 0 Å². The Hall–Kier alpha value is -2.71. The Labute approximate surface area is 157 Å². The highest BCUT2D eigenvalue weighted by Gasteiger charge is 2.19. The van der Waals surface area contributed by atoms with Gasteiger partial charge in [-0.05, 0) is 43.7 Å². The van der Waals surface area contributed by atoms with Crippen molar-refractivity contribution in [3.63, 3.8) is 0 Å². The fourth-order valence-electron chi connectivity index (χ4n) is 2.35. The molecule has 3 rings (SSSR count). The van der Waals surface area contributed by atoms with Gasteiger partial charge in [-0.2, -0.15) is 0 Å². The first kappa shape index (κ1) is 18.1. The number of anilines is 1. The first-order valence-corrected chi connectivity index (χ1v) is 8.87. The van der Waals surface area contributed by atoms with Crippen molar-refractivity contribution in [2.75, 3.05) is 11.9 Å². The van der Waals surface area contributed by atoms with Crippen molar-refractivity contribution in [3.05, 3.63) is 56.6 Å². The molecule has 7 nitrogen and oxygen atoms in total. The van der Waals surface area contributed by atoms with Crippen LogP contribution in [-0.4, -0.2) is 22.4 Å². The van der Waals surface area contributed by atoms with E-state index in [0.29, 0.717) is 22.3 Å². The Morgan fingerprint density at radius 2 is 2.15 bits per heavy atom. The summed E-state index contributed by atoms with van der Waals surface area (Å²) in [7, 11) is 0. The van der Waals surface area contributed by atoms with E-state index in [1.807, 2.05) is 13.0 Å². The van der Waals surface area contributed by atoms with Crippen LogP contribution in [0, 0.1) is 17.0 Å². The molecule has 134 valence electrons. The number of halogens is 1. The number of nitro benzene ring substituents is 1. The van der Waals surface area contributed by atoms with Gasteiger partial charge in [0.05, 0.1) is 21.7 Å². The number of nitro groups is 1. The van der Waals surface area contributed by atoms with Gasteiger partial charge in [0.15, 0.2) is 10.9 Å². The maximum atomic E-state index is 12.4. The molecule has 0 radical (unpaired) electrons. The summed E-state index contributed by atoms with van der Waals surface area (Å²) in [5, 5.41) is 14.8. The van der Waals surface area contributed by atoms with Crippen LogP contribution in [0.4, 0.5) is 10.8 Å². The molecule has 0 saturated carbocycles. The average Bonchev–Trinajstić information content (AvgIpc) is 2.96. The Balaban J connectivity index is 1.88. The van der Waals surface area contributed by atoms with E-state index in [9.17, 15) is 14.9 Å². The molecule has 0 aliphatic rings. The van der Waals surface area contributed by atoms with E-state index >= 15 is 0 Å². The largest absolute Gasteiger partial charge is 0.487 e. The topological polar surface area (TPSA) is 94.4 Å². The van der Waals surface area contributed by atoms with Crippen molar-refractivity contribution in [1.29, 1.82) is 0 Å². The number of carbonyl (C=O) groups excluding carboxylic acids is 1. The summed E-state index contributed by atoms with van der Waals surface area (Å²) >= 11 is 7.39. The van der Waals surface area contributed by atoms with Crippen LogP contribution in [0.2, 0.25) is 5.02 Å². The molecule has 1 N–H and O–H groups in total. The highest BCUT2D eigenvalue weighted by Crippen LogP contribution is 2.31. The second-order valence-electron chi connectivity index (χ2n) is 5.41. The minimum atomic E-state index is -0.579. The molecule has 1 heterocycles. The van der Waals surface area contributed by atoms with Crippen molar-refractivity contribution in [1.82, 2.24) is 4.98 Å². The number of amides is 1. The molecule has 0 atom stereocenters. The minimum absolute atomic E-state index is 0.124. The molecule has 0 unspecified atom stereocenters. The lowest BCUT2D eigenvalue weighted by atomic mass is 10.1. The van der Waals surface area contributed by atoms with Crippen LogP contribution in [0.3, 0.4) is 0 Å². The second kappa shape index (κ2) is 7.27. The second-order valence-corrected chi connectivity index (χ2v) is 6.85. The normalized spacial score (nSPS) is 10.7. The molecule has 0 aliphatic heterocycles. The van der Waals surface area contributed by atoms with Gasteiger partial charge in [-0.15, -0.1) is 0 Å². The number of aryl methyl sites for hydroxylation is 1. The molecule has 9 heteroatoms. The molecule has 26 heavy (non-hydrogen) atoms. The summed E-state index contributed by atoms with van der Waals surface area (Å²) < 4.78 is 6.11. The summed E-state index contributed by atoms with van der Waals surface area (Å²) in [4.78, 5) is 27.4. The molecular formula is C17H14ClN3O4S. The number of ether oxygens (including phenoxy) is 1. The maximum absolute atomic E-state index is 12.4. The quantitative estimate of drug-likeness (QED) is 0.497. The SMILES string of the molecule is CCOc1ccc(C(=O)Nc2nc3cc(Cl)c(C)cc3s2)cc1[N+](=O)[O-]. The van der Waals surface area contributed by atoms with E-state index < -0.39 is 10.8 Å². The van der Waals surface area contributed by atoms with Crippen molar-refractivity contribution in [2.45, 2.75) is 13.8 Å². The smallest absolute Gasteiger partial charge is 0.311 e. The van der Waals surface area contributed by atoms with E-state index in [-0.39, 0.29) is 17.0 Å². The van der Waals surface area contributed by atoms with Crippen LogP contribution in [0.1, 0.15) is 22.8 Å². The van der Waals surface area contributed by atoms with Crippen LogP contribution < -0.4 is 10.1 Å². The first-order valence-electron chi connectivity index (χ1n) is 7.68. The minimum Gasteiger partial charge on any atom is -0.487 e. The van der Waals surface area contributed by atoms with Gasteiger partial charge in [0.25, 0.3) is 5.91 Å². The van der Waals surface area contributed by atoms with Gasteiger partial charge in [-0.1, -0.05) is 22.9 Å². The molecule has 2 aromatic carbocycles. The van der Waals surface area contributed by atoms with Crippen molar-refractivity contribution < 1.29 is 14.5 Å². The number of fused-ring (bicyclic) bond motifs is 1. The van der Waals surface area contributed by atoms with Crippen molar-refractivity contribution in [3.8, 4) is 5.75 Å². The molecule has 0 fully saturated rings. The number of aromatic nitrogens is 1. The summed E-state index contributed by atoms with van der Waals surface area (Å²) in [6.07, 6.45) is 0. The van der Waals surface area contributed by atoms with E-state index in [2.05, 4.69) is 10.3 Å². The number of benzene rings is 2. The van der Waals surface area contributed by atoms with Gasteiger partial charge >= 0.3 is 5.69 Å². The number of hydrogen-bond donors (Lipinski definition) is 1. The van der Waals surface area contributed by atoms with E-state index in [1.165, 1.54) is 29.5 Å². The molecule has 0 aliphatic carbocycles. The number of rotatable bonds is 5. The van der Waals surface area contributed by atoms with Crippen LogP contribution in [0.5, 0.6) is 5.75 Å². The van der Waals surface area contributed by atoms with Crippen LogP contribution >= 0.6 is 22.9 Å². The molecular weight excluding hydrogens is 378 g/mol. The van der Waals surface area contributed by atoms with Crippen LogP contribution in [0.15, 0.2) is 30.3 Å². The zero-order chi connectivity index (χ0) is 18.8. The fraction of sp³-hybridized carbons (Fsp3) is 0.176. The van der Waals surface area contributed by atoms with Crippen molar-refractivity contribution in [2.24, 2.45) is 0 Å². The van der Waals surface area contributed by atoms with Gasteiger partial charge in [0.1, 0.15) is 0 Å². The number of nitrogens with one attached hydrogen (secondary N) is 1. The summed E-state index contributed by atoms with van der Waals surface area (Å²) in [6.45, 7) is 3.91. The monoisotopic (exact) mass is 391 g/mol. The lowest BCUT2D eigenvalue weighted by molar-refractivity contribution is -0.385. The molecule has 1 amide bonds. The zero-order valence-electron chi connectivity index (χ0n) is 13.9. The Morgan fingerprint density at radius 1 is 1.38 bits per heavy atom. The predicted octanol–water partition coefficient (Wildman–Crippen LogP) is 4.82. The fourth-order valence-corrected chi connectivity index (χ4v) is 3.45. The van der Waals surface area contributed by atoms with E-state index in [0.717, 1.165) is 10.3 Å². The highest BCUT2D eigenvalue weighted by atomic mass is 35.5. The van der Waals surface area contributed by atoms with Crippen LogP contribution in [0.25, 0.3) is 10.2 Å². The summed E-state index contributed by atoms with van der Waals surface area (Å²) in [6, 6.07) is 7.71. The number of hydrogen-bond acceptors (Lipinski definition) is 6. The zero-order valence-corrected chi connectivity index (χ0v) is 15.5. The lowest BCUT2D eigenvalue weighted by Crippen LogP contribution is -2.12. The Bertz CT molecular complexity index is 980. The third-order valence-corrected chi connectivity index (χ3v) is 4.95. The number of nitrogens with zero attached hydrogens (tertiary/aromatic N) is 2. The molecule has 0 saturated heterocycles. The number of thiazole rings is 1. The van der Waals surface area contributed by atoms with Crippen molar-refractivity contribution >= 4 is 49.9 Å². The maximum Gasteiger partial charge on any atom is 0.311 e. The molecule has 3 aromatic rings. The molecule has 1 aromatic heterocycles. The third kappa shape index (κ3) is 3.61. The predicted molar refractivity (Wildman–Crippen MR) is 102 cm³/mol. The van der Waals surface area contributed by atoms with E-state index in [4.69, 9.17) is 16.3 Å². The lowest BCUT2D eigenvalue weighted by Gasteiger charge is -2.06. The summed E-state index contributed by atoms with van der Waals surface area (Å²) in [5.41, 5.74) is 1.49. The Kier molecular flexibility index (Phi) is 5.06. The van der Waals surface area contributed by atoms with Gasteiger partial charge in [0.2, 0.25) is 0 Å². The van der Waals surface area contributed by atoms with Gasteiger partial charge in [0, 0.05) is 16.7 Å². The van der Waals surface area contributed by atoms with E-state index in [1.54, 1.807) is 13.0 Å². The summed E-state index contributed by atoms with van der Waals surface area (Å²) in [5.74, 6) is -0.364. The standard InChI is InChI=1S/C17H14ClN3O4S/c1-3-25-14-5-4-10(7-13(14)21(23)24)16(22)20-17-19-12-8-11(18)9(2)6-15(12)26-17/h4-8H,3H2,1-2H3,(H,19,20,22). The van der Waals surface area contributed by atoms with Gasteiger partial charge in [-0.3, -0.25) is 20.2 Å². The molecule has 0 spiro atoms. The number of carbonyl (C=O) groups is 1. The highest BCUT2D eigenvalue weighted by molar-refractivity contribution is 7.22. The van der Waals surface area contributed by atoms with Gasteiger partial charge < -0.3 is 4.74 Å². The Morgan fingerprint density at radius 3 is 2.85 bits per heavy atom. The first-order chi connectivity index (χ1) is 12.4.